The number of allylic oxidation sites excluding steroid dienone is 4. The molecule has 0 bridgehead atoms. The minimum absolute atomic E-state index is 0.194. The van der Waals surface area contributed by atoms with E-state index in [0.29, 0.717) is 17.1 Å². The second-order valence-electron chi connectivity index (χ2n) is 5.14. The fraction of sp³-hybridized carbons (Fsp3) is 0.118. The number of benzene rings is 1. The highest BCUT2D eigenvalue weighted by molar-refractivity contribution is 6.48. The molecule has 0 saturated carbocycles. The van der Waals surface area contributed by atoms with E-state index in [2.05, 4.69) is 4.99 Å². The Morgan fingerprint density at radius 2 is 1.78 bits per heavy atom. The van der Waals surface area contributed by atoms with Crippen LogP contribution in [0, 0.1) is 6.92 Å². The van der Waals surface area contributed by atoms with E-state index in [-0.39, 0.29) is 16.4 Å². The quantitative estimate of drug-likeness (QED) is 0.796. The highest BCUT2D eigenvalue weighted by Gasteiger charge is 2.17. The first-order valence-corrected chi connectivity index (χ1v) is 7.39. The number of rotatable bonds is 2. The van der Waals surface area contributed by atoms with Gasteiger partial charge in [-0.15, -0.1) is 0 Å². The van der Waals surface area contributed by atoms with Crippen LogP contribution in [-0.4, -0.2) is 20.9 Å². The Labute approximate surface area is 137 Å². The number of hydrogen-bond donors (Lipinski definition) is 0. The molecule has 0 amide bonds. The number of carbonyl (C=O) groups is 1. The van der Waals surface area contributed by atoms with Crippen LogP contribution in [0.25, 0.3) is 5.69 Å². The monoisotopic (exact) mass is 327 g/mol. The molecule has 0 spiro atoms. The second-order valence-corrected chi connectivity index (χ2v) is 5.54. The average Bonchev–Trinajstić information content (AvgIpc) is 2.74. The summed E-state index contributed by atoms with van der Waals surface area (Å²) in [5.74, 6) is -0.194. The molecule has 1 aliphatic rings. The Morgan fingerprint density at radius 3 is 2.43 bits per heavy atom. The molecule has 0 aliphatic heterocycles. The van der Waals surface area contributed by atoms with Gasteiger partial charge in [-0.1, -0.05) is 29.8 Å². The molecular weight excluding hydrogens is 314 g/mol. The Hall–Kier alpha value is -2.66. The van der Waals surface area contributed by atoms with E-state index in [1.165, 1.54) is 18.2 Å². The van der Waals surface area contributed by atoms with Crippen LogP contribution in [0.2, 0.25) is 0 Å². The first-order chi connectivity index (χ1) is 11.0. The minimum atomic E-state index is -0.238. The lowest BCUT2D eigenvalue weighted by Gasteiger charge is -2.07. The third-order valence-corrected chi connectivity index (χ3v) is 3.98. The third-order valence-electron chi connectivity index (χ3n) is 3.68. The fourth-order valence-corrected chi connectivity index (χ4v) is 2.59. The fourth-order valence-electron chi connectivity index (χ4n) is 2.38. The zero-order valence-corrected chi connectivity index (χ0v) is 13.4. The van der Waals surface area contributed by atoms with Gasteiger partial charge < -0.3 is 0 Å². The second kappa shape index (κ2) is 5.85. The van der Waals surface area contributed by atoms with Crippen LogP contribution in [0.4, 0.5) is 5.69 Å². The molecule has 1 heterocycles. The van der Waals surface area contributed by atoms with Crippen molar-refractivity contribution in [3.8, 4) is 5.69 Å². The van der Waals surface area contributed by atoms with Crippen molar-refractivity contribution in [3.05, 3.63) is 69.6 Å². The standard InChI is InChI=1S/C17H14ClN3O2/c1-11-16(19-15-9-8-13(22)10-14(15)18)17(23)21(20(11)2)12-6-4-3-5-7-12/h3-10H,1-2H3. The predicted octanol–water partition coefficient (Wildman–Crippen LogP) is 2.82. The summed E-state index contributed by atoms with van der Waals surface area (Å²) in [5, 5.41) is 0.228. The maximum Gasteiger partial charge on any atom is 0.297 e. The average molecular weight is 328 g/mol. The number of carbonyl (C=O) groups excluding carboxylic acids is 1. The molecule has 0 N–H and O–H groups in total. The van der Waals surface area contributed by atoms with Gasteiger partial charge in [-0.3, -0.25) is 14.3 Å². The first-order valence-electron chi connectivity index (χ1n) is 7.01. The van der Waals surface area contributed by atoms with Crippen molar-refractivity contribution in [3.63, 3.8) is 0 Å². The van der Waals surface area contributed by atoms with E-state index in [1.54, 1.807) is 16.4 Å². The molecule has 0 atom stereocenters. The topological polar surface area (TPSA) is 56.4 Å². The molecule has 0 radical (unpaired) electrons. The molecule has 1 aromatic carbocycles. The summed E-state index contributed by atoms with van der Waals surface area (Å²) in [6, 6.07) is 9.32. The van der Waals surface area contributed by atoms with Gasteiger partial charge in [0.05, 0.1) is 22.1 Å². The van der Waals surface area contributed by atoms with Crippen molar-refractivity contribution in [2.24, 2.45) is 12.0 Å². The van der Waals surface area contributed by atoms with Crippen LogP contribution in [0.15, 0.2) is 63.4 Å². The number of halogens is 1. The van der Waals surface area contributed by atoms with Gasteiger partial charge in [0.2, 0.25) is 0 Å². The lowest BCUT2D eigenvalue weighted by molar-refractivity contribution is -0.110. The van der Waals surface area contributed by atoms with Crippen LogP contribution in [0.3, 0.4) is 0 Å². The summed E-state index contributed by atoms with van der Waals surface area (Å²) >= 11 is 6.04. The molecular formula is C17H14ClN3O2. The lowest BCUT2D eigenvalue weighted by Crippen LogP contribution is -2.19. The summed E-state index contributed by atoms with van der Waals surface area (Å²) in [4.78, 5) is 28.4. The van der Waals surface area contributed by atoms with E-state index in [1.807, 2.05) is 37.3 Å². The van der Waals surface area contributed by atoms with Gasteiger partial charge >= 0.3 is 0 Å². The molecule has 23 heavy (non-hydrogen) atoms. The van der Waals surface area contributed by atoms with E-state index in [9.17, 15) is 9.59 Å². The maximum atomic E-state index is 12.7. The van der Waals surface area contributed by atoms with Gasteiger partial charge in [-0.2, -0.15) is 0 Å². The minimum Gasteiger partial charge on any atom is -0.290 e. The molecule has 3 rings (SSSR count). The maximum absolute atomic E-state index is 12.7. The summed E-state index contributed by atoms with van der Waals surface area (Å²) in [6.45, 7) is 1.82. The van der Waals surface area contributed by atoms with Crippen LogP contribution >= 0.6 is 11.6 Å². The number of ketones is 1. The summed E-state index contributed by atoms with van der Waals surface area (Å²) in [6.07, 6.45) is 4.18. The molecule has 1 aromatic heterocycles. The van der Waals surface area contributed by atoms with Crippen molar-refractivity contribution in [1.82, 2.24) is 9.36 Å². The zero-order valence-electron chi connectivity index (χ0n) is 12.7. The largest absolute Gasteiger partial charge is 0.297 e. The van der Waals surface area contributed by atoms with Crippen LogP contribution in [0.1, 0.15) is 5.69 Å². The zero-order chi connectivity index (χ0) is 16.6. The lowest BCUT2D eigenvalue weighted by atomic mass is 10.1. The van der Waals surface area contributed by atoms with Crippen molar-refractivity contribution in [2.45, 2.75) is 6.92 Å². The molecule has 0 fully saturated rings. The van der Waals surface area contributed by atoms with E-state index in [0.717, 1.165) is 5.69 Å². The normalized spacial score (nSPS) is 16.0. The Morgan fingerprint density at radius 1 is 1.09 bits per heavy atom. The van der Waals surface area contributed by atoms with Crippen LogP contribution in [-0.2, 0) is 11.8 Å². The highest BCUT2D eigenvalue weighted by atomic mass is 35.5. The van der Waals surface area contributed by atoms with Gasteiger partial charge in [0.25, 0.3) is 5.56 Å². The smallest absolute Gasteiger partial charge is 0.290 e. The molecule has 5 nitrogen and oxygen atoms in total. The van der Waals surface area contributed by atoms with Gasteiger partial charge in [0.15, 0.2) is 11.5 Å². The number of aromatic nitrogens is 2. The molecule has 116 valence electrons. The molecule has 1 aliphatic carbocycles. The number of hydrogen-bond acceptors (Lipinski definition) is 3. The SMILES string of the molecule is Cc1c(N=C2C=CC(=O)C=C2Cl)c(=O)n(-c2ccccc2)n1C. The summed E-state index contributed by atoms with van der Waals surface area (Å²) in [5.41, 5.74) is 1.93. The first kappa shape index (κ1) is 15.2. The van der Waals surface area contributed by atoms with Crippen molar-refractivity contribution < 1.29 is 4.79 Å². The summed E-state index contributed by atoms with van der Waals surface area (Å²) < 4.78 is 3.29. The van der Waals surface area contributed by atoms with E-state index in [4.69, 9.17) is 11.6 Å². The van der Waals surface area contributed by atoms with E-state index < -0.39 is 0 Å². The third kappa shape index (κ3) is 2.71. The van der Waals surface area contributed by atoms with Gasteiger partial charge in [-0.05, 0) is 31.2 Å². The van der Waals surface area contributed by atoms with Crippen LogP contribution < -0.4 is 5.56 Å². The van der Waals surface area contributed by atoms with Crippen molar-refractivity contribution in [2.75, 3.05) is 0 Å². The molecule has 2 aromatic rings. The summed E-state index contributed by atoms with van der Waals surface area (Å²) in [7, 11) is 1.80. The van der Waals surface area contributed by atoms with Crippen LogP contribution in [0.5, 0.6) is 0 Å². The highest BCUT2D eigenvalue weighted by Crippen LogP contribution is 2.20. The Bertz CT molecular complexity index is 931. The number of para-hydroxylation sites is 1. The van der Waals surface area contributed by atoms with Gasteiger partial charge in [0.1, 0.15) is 0 Å². The molecule has 6 heteroatoms. The predicted molar refractivity (Wildman–Crippen MR) is 90.9 cm³/mol. The Kier molecular flexibility index (Phi) is 3.88. The number of nitrogens with zero attached hydrogens (tertiary/aromatic N) is 3. The molecule has 0 unspecified atom stereocenters. The van der Waals surface area contributed by atoms with Crippen molar-refractivity contribution >= 4 is 28.8 Å². The van der Waals surface area contributed by atoms with Gasteiger partial charge in [-0.25, -0.2) is 9.67 Å². The van der Waals surface area contributed by atoms with Crippen molar-refractivity contribution in [1.29, 1.82) is 0 Å². The van der Waals surface area contributed by atoms with E-state index >= 15 is 0 Å². The Balaban J connectivity index is 2.17. The van der Waals surface area contributed by atoms with Gasteiger partial charge in [0, 0.05) is 13.1 Å². The number of aliphatic imine (C=N–C) groups is 1. The molecule has 0 saturated heterocycles.